The van der Waals surface area contributed by atoms with Gasteiger partial charge in [-0.05, 0) is 24.6 Å². The summed E-state index contributed by atoms with van der Waals surface area (Å²) in [6.45, 7) is 2.07. The molecule has 134 valence electrons. The number of rotatable bonds is 5. The van der Waals surface area contributed by atoms with Gasteiger partial charge >= 0.3 is 0 Å². The van der Waals surface area contributed by atoms with Gasteiger partial charge in [0.1, 0.15) is 18.2 Å². The summed E-state index contributed by atoms with van der Waals surface area (Å²) in [6, 6.07) is 12.1. The van der Waals surface area contributed by atoms with Crippen molar-refractivity contribution < 1.29 is 14.2 Å². The van der Waals surface area contributed by atoms with Gasteiger partial charge in [0, 0.05) is 36.8 Å². The molecule has 1 aliphatic rings. The molecule has 6 heteroatoms. The Labute approximate surface area is 152 Å². The topological polar surface area (TPSA) is 58.7 Å². The minimum atomic E-state index is -0.515. The third kappa shape index (κ3) is 4.50. The number of aliphatic hydroxyl groups is 1. The van der Waals surface area contributed by atoms with Gasteiger partial charge < -0.3 is 15.6 Å². The van der Waals surface area contributed by atoms with Crippen molar-refractivity contribution in [2.24, 2.45) is 5.73 Å². The quantitative estimate of drug-likeness (QED) is 0.856. The number of ether oxygens (including phenoxy) is 1. The standard InChI is InChI=1S/C19H22ClFN2O2/c20-15-5-3-6-16(21)14(15)12-25-19-7-2-1-4-13(19)10-23-9-8-17(22)18(24)11-23/h1-7,17-18,24H,8-12,22H2. The van der Waals surface area contributed by atoms with Crippen molar-refractivity contribution in [1.82, 2.24) is 4.90 Å². The van der Waals surface area contributed by atoms with Gasteiger partial charge in [-0.25, -0.2) is 4.39 Å². The Balaban J connectivity index is 1.69. The summed E-state index contributed by atoms with van der Waals surface area (Å²) in [5.41, 5.74) is 7.18. The Morgan fingerprint density at radius 3 is 2.80 bits per heavy atom. The molecule has 1 aliphatic heterocycles. The molecular formula is C19H22ClFN2O2. The maximum absolute atomic E-state index is 13.9. The number of β-amino-alcohol motifs (C(OH)–C–C–N with tert-alkyl or cyclic N) is 1. The first-order chi connectivity index (χ1) is 12.0. The predicted octanol–water partition coefficient (Wildman–Crippen LogP) is 2.95. The van der Waals surface area contributed by atoms with Crippen LogP contribution in [0.4, 0.5) is 4.39 Å². The number of nitrogens with zero attached hydrogens (tertiary/aromatic N) is 1. The highest BCUT2D eigenvalue weighted by Crippen LogP contribution is 2.25. The van der Waals surface area contributed by atoms with Gasteiger partial charge in [-0.1, -0.05) is 35.9 Å². The van der Waals surface area contributed by atoms with Crippen LogP contribution in [0.3, 0.4) is 0 Å². The van der Waals surface area contributed by atoms with Crippen LogP contribution in [0.15, 0.2) is 42.5 Å². The number of para-hydroxylation sites is 1. The molecule has 1 fully saturated rings. The summed E-state index contributed by atoms with van der Waals surface area (Å²) in [7, 11) is 0. The van der Waals surface area contributed by atoms with Crippen molar-refractivity contribution >= 4 is 11.6 Å². The fourth-order valence-electron chi connectivity index (χ4n) is 3.00. The highest BCUT2D eigenvalue weighted by atomic mass is 35.5. The van der Waals surface area contributed by atoms with Crippen LogP contribution in [0, 0.1) is 5.82 Å². The molecule has 0 bridgehead atoms. The van der Waals surface area contributed by atoms with E-state index in [4.69, 9.17) is 22.1 Å². The lowest BCUT2D eigenvalue weighted by Crippen LogP contribution is -2.50. The summed E-state index contributed by atoms with van der Waals surface area (Å²) in [5, 5.41) is 10.3. The van der Waals surface area contributed by atoms with Crippen LogP contribution < -0.4 is 10.5 Å². The first kappa shape index (κ1) is 18.1. The second-order valence-corrected chi connectivity index (χ2v) is 6.76. The van der Waals surface area contributed by atoms with E-state index in [0.29, 0.717) is 29.4 Å². The second kappa shape index (κ2) is 8.15. The average Bonchev–Trinajstić information content (AvgIpc) is 2.59. The lowest BCUT2D eigenvalue weighted by molar-refractivity contribution is 0.0495. The molecule has 2 aromatic rings. The Morgan fingerprint density at radius 1 is 1.24 bits per heavy atom. The number of benzene rings is 2. The Hall–Kier alpha value is -1.66. The van der Waals surface area contributed by atoms with Crippen LogP contribution >= 0.6 is 11.6 Å². The molecular weight excluding hydrogens is 343 g/mol. The number of hydrogen-bond acceptors (Lipinski definition) is 4. The lowest BCUT2D eigenvalue weighted by atomic mass is 10.0. The molecule has 2 atom stereocenters. The Kier molecular flexibility index (Phi) is 5.91. The van der Waals surface area contributed by atoms with Crippen molar-refractivity contribution in [3.8, 4) is 5.75 Å². The van der Waals surface area contributed by atoms with E-state index in [1.165, 1.54) is 6.07 Å². The van der Waals surface area contributed by atoms with Gasteiger partial charge in [0.15, 0.2) is 0 Å². The van der Waals surface area contributed by atoms with Crippen LogP contribution in [0.5, 0.6) is 5.75 Å². The molecule has 3 N–H and O–H groups in total. The van der Waals surface area contributed by atoms with E-state index in [9.17, 15) is 9.50 Å². The van der Waals surface area contributed by atoms with Gasteiger partial charge in [-0.2, -0.15) is 0 Å². The third-order valence-corrected chi connectivity index (χ3v) is 4.87. The molecule has 0 saturated carbocycles. The first-order valence-corrected chi connectivity index (χ1v) is 8.72. The Bertz CT molecular complexity index is 708. The SMILES string of the molecule is NC1CCN(Cc2ccccc2OCc2c(F)cccc2Cl)CC1O. The average molecular weight is 365 g/mol. The van der Waals surface area contributed by atoms with Gasteiger partial charge in [-0.3, -0.25) is 4.90 Å². The number of halogens is 2. The van der Waals surface area contributed by atoms with E-state index < -0.39 is 6.10 Å². The van der Waals surface area contributed by atoms with Crippen molar-refractivity contribution in [1.29, 1.82) is 0 Å². The van der Waals surface area contributed by atoms with Gasteiger partial charge in [0.25, 0.3) is 0 Å². The zero-order valence-electron chi connectivity index (χ0n) is 13.9. The summed E-state index contributed by atoms with van der Waals surface area (Å²) in [5.74, 6) is 0.310. The predicted molar refractivity (Wildman–Crippen MR) is 96.1 cm³/mol. The minimum Gasteiger partial charge on any atom is -0.488 e. The largest absolute Gasteiger partial charge is 0.488 e. The van der Waals surface area contributed by atoms with Crippen molar-refractivity contribution in [3.05, 3.63) is 64.4 Å². The summed E-state index contributed by atoms with van der Waals surface area (Å²) >= 11 is 6.05. The lowest BCUT2D eigenvalue weighted by Gasteiger charge is -2.34. The summed E-state index contributed by atoms with van der Waals surface area (Å²) < 4.78 is 19.7. The van der Waals surface area contributed by atoms with Crippen molar-refractivity contribution in [2.45, 2.75) is 31.7 Å². The van der Waals surface area contributed by atoms with Crippen LogP contribution in [0.2, 0.25) is 5.02 Å². The normalized spacial score (nSPS) is 21.3. The molecule has 0 spiro atoms. The molecule has 2 unspecified atom stereocenters. The number of likely N-dealkylation sites (tertiary alicyclic amines) is 1. The van der Waals surface area contributed by atoms with E-state index in [1.807, 2.05) is 24.3 Å². The van der Waals surface area contributed by atoms with E-state index in [2.05, 4.69) is 4.90 Å². The molecule has 0 aliphatic carbocycles. The summed E-state index contributed by atoms with van der Waals surface area (Å²) in [6.07, 6.45) is 0.244. The van der Waals surface area contributed by atoms with Gasteiger partial charge in [0.05, 0.1) is 11.1 Å². The van der Waals surface area contributed by atoms with Gasteiger partial charge in [-0.15, -0.1) is 0 Å². The third-order valence-electron chi connectivity index (χ3n) is 4.52. The maximum atomic E-state index is 13.9. The maximum Gasteiger partial charge on any atom is 0.131 e. The Morgan fingerprint density at radius 2 is 2.04 bits per heavy atom. The van der Waals surface area contributed by atoms with Crippen LogP contribution in [0.25, 0.3) is 0 Å². The molecule has 0 aromatic heterocycles. The highest BCUT2D eigenvalue weighted by Gasteiger charge is 2.25. The fourth-order valence-corrected chi connectivity index (χ4v) is 3.21. The van der Waals surface area contributed by atoms with Crippen LogP contribution in [-0.4, -0.2) is 35.2 Å². The molecule has 4 nitrogen and oxygen atoms in total. The molecule has 25 heavy (non-hydrogen) atoms. The van der Waals surface area contributed by atoms with Crippen LogP contribution in [0.1, 0.15) is 17.5 Å². The monoisotopic (exact) mass is 364 g/mol. The van der Waals surface area contributed by atoms with E-state index in [0.717, 1.165) is 18.5 Å². The molecule has 0 radical (unpaired) electrons. The van der Waals surface area contributed by atoms with Crippen molar-refractivity contribution in [3.63, 3.8) is 0 Å². The highest BCUT2D eigenvalue weighted by molar-refractivity contribution is 6.31. The second-order valence-electron chi connectivity index (χ2n) is 6.35. The summed E-state index contributed by atoms with van der Waals surface area (Å²) in [4.78, 5) is 2.15. The minimum absolute atomic E-state index is 0.0655. The zero-order valence-corrected chi connectivity index (χ0v) is 14.6. The molecule has 1 heterocycles. The molecule has 3 rings (SSSR count). The fraction of sp³-hybridized carbons (Fsp3) is 0.368. The van der Waals surface area contributed by atoms with Crippen LogP contribution in [-0.2, 0) is 13.2 Å². The number of aliphatic hydroxyl groups excluding tert-OH is 1. The van der Waals surface area contributed by atoms with E-state index in [1.54, 1.807) is 12.1 Å². The number of piperidine rings is 1. The molecule has 2 aromatic carbocycles. The van der Waals surface area contributed by atoms with E-state index >= 15 is 0 Å². The number of hydrogen-bond donors (Lipinski definition) is 2. The molecule has 1 saturated heterocycles. The molecule has 0 amide bonds. The van der Waals surface area contributed by atoms with Gasteiger partial charge in [0.2, 0.25) is 0 Å². The first-order valence-electron chi connectivity index (χ1n) is 8.34. The van der Waals surface area contributed by atoms with E-state index in [-0.39, 0.29) is 18.5 Å². The zero-order chi connectivity index (χ0) is 17.8. The smallest absolute Gasteiger partial charge is 0.131 e. The van der Waals surface area contributed by atoms with Crippen molar-refractivity contribution in [2.75, 3.05) is 13.1 Å². The number of nitrogens with two attached hydrogens (primary N) is 1.